The van der Waals surface area contributed by atoms with E-state index in [1.165, 1.54) is 30.4 Å². The molecule has 0 aromatic heterocycles. The Balaban J connectivity index is 0.00000225. The fourth-order valence-corrected chi connectivity index (χ4v) is 1.94. The molecule has 0 saturated carbocycles. The van der Waals surface area contributed by atoms with Crippen molar-refractivity contribution in [2.45, 2.75) is 45.4 Å². The maximum absolute atomic E-state index is 7.36. The summed E-state index contributed by atoms with van der Waals surface area (Å²) in [5.41, 5.74) is 10.1. The van der Waals surface area contributed by atoms with E-state index in [2.05, 4.69) is 38.1 Å². The van der Waals surface area contributed by atoms with Gasteiger partial charge in [0, 0.05) is 0 Å². The van der Waals surface area contributed by atoms with Crippen LogP contribution in [0.5, 0.6) is 0 Å². The van der Waals surface area contributed by atoms with Crippen LogP contribution < -0.4 is 58.2 Å². The first kappa shape index (κ1) is 17.0. The maximum atomic E-state index is 7.36. The number of benzene rings is 1. The number of aryl methyl sites for hydroxylation is 1. The summed E-state index contributed by atoms with van der Waals surface area (Å²) < 4.78 is 0. The molecule has 16 heavy (non-hydrogen) atoms. The normalized spacial score (nSPS) is 11.9. The molecular formula is C14H22NRb. The van der Waals surface area contributed by atoms with Gasteiger partial charge in [-0.15, -0.1) is 0 Å². The zero-order chi connectivity index (χ0) is 11.1. The Morgan fingerprint density at radius 1 is 1.12 bits per heavy atom. The van der Waals surface area contributed by atoms with Gasteiger partial charge >= 0.3 is 58.2 Å². The minimum atomic E-state index is 0. The van der Waals surface area contributed by atoms with Crippen molar-refractivity contribution in [3.8, 4) is 0 Å². The molecule has 84 valence electrons. The zero-order valence-corrected chi connectivity index (χ0v) is 15.8. The van der Waals surface area contributed by atoms with E-state index in [0.717, 1.165) is 6.42 Å². The summed E-state index contributed by atoms with van der Waals surface area (Å²) in [5, 5.41) is 0. The summed E-state index contributed by atoms with van der Waals surface area (Å²) in [7, 11) is 0. The first-order valence-electron chi connectivity index (χ1n) is 5.99. The molecule has 1 atom stereocenters. The van der Waals surface area contributed by atoms with E-state index in [4.69, 9.17) is 5.73 Å². The van der Waals surface area contributed by atoms with Crippen LogP contribution in [0.1, 0.15) is 49.7 Å². The minimum Gasteiger partial charge on any atom is -0.677 e. The van der Waals surface area contributed by atoms with Gasteiger partial charge in [-0.2, -0.15) is 6.54 Å². The van der Waals surface area contributed by atoms with Gasteiger partial charge in [0.2, 0.25) is 0 Å². The number of rotatable bonds is 6. The van der Waals surface area contributed by atoms with Crippen LogP contribution in [0.3, 0.4) is 0 Å². The Hall–Kier alpha value is 0.985. The quantitative estimate of drug-likeness (QED) is 0.761. The number of nitrogens with one attached hydrogen (secondary N) is 1. The van der Waals surface area contributed by atoms with Crippen molar-refractivity contribution in [2.75, 3.05) is 6.54 Å². The summed E-state index contributed by atoms with van der Waals surface area (Å²) in [6, 6.07) is 8.81. The molecule has 0 saturated heterocycles. The molecular weight excluding hydrogens is 268 g/mol. The third kappa shape index (κ3) is 6.06. The first-order valence-corrected chi connectivity index (χ1v) is 5.99. The fourth-order valence-electron chi connectivity index (χ4n) is 1.94. The molecule has 1 unspecified atom stereocenters. The Labute approximate surface area is 149 Å². The molecule has 0 heterocycles. The van der Waals surface area contributed by atoms with E-state index < -0.39 is 0 Å². The number of hydrogen-bond donors (Lipinski definition) is 0. The van der Waals surface area contributed by atoms with Gasteiger partial charge in [0.25, 0.3) is 0 Å². The average molecular weight is 290 g/mol. The molecule has 0 aliphatic heterocycles. The first-order chi connectivity index (χ1) is 7.27. The summed E-state index contributed by atoms with van der Waals surface area (Å²) >= 11 is 0. The third-order valence-corrected chi connectivity index (χ3v) is 2.95. The molecule has 0 radical (unpaired) electrons. The van der Waals surface area contributed by atoms with Gasteiger partial charge in [-0.25, -0.2) is 0 Å². The van der Waals surface area contributed by atoms with Crippen molar-refractivity contribution < 1.29 is 58.2 Å². The van der Waals surface area contributed by atoms with Crippen molar-refractivity contribution >= 4 is 0 Å². The van der Waals surface area contributed by atoms with Gasteiger partial charge in [0.1, 0.15) is 0 Å². The summed E-state index contributed by atoms with van der Waals surface area (Å²) in [5.74, 6) is 0.600. The van der Waals surface area contributed by atoms with Crippen LogP contribution in [0.15, 0.2) is 24.3 Å². The monoisotopic (exact) mass is 289 g/mol. The molecule has 0 aliphatic carbocycles. The van der Waals surface area contributed by atoms with Crippen LogP contribution in [-0.4, -0.2) is 6.54 Å². The zero-order valence-electron chi connectivity index (χ0n) is 10.9. The molecule has 0 spiro atoms. The van der Waals surface area contributed by atoms with E-state index in [1.807, 2.05) is 0 Å². The molecule has 2 heteroatoms. The van der Waals surface area contributed by atoms with Gasteiger partial charge in [-0.3, -0.25) is 0 Å². The van der Waals surface area contributed by atoms with E-state index in [-0.39, 0.29) is 58.2 Å². The predicted molar refractivity (Wildman–Crippen MR) is 67.3 cm³/mol. The Kier molecular flexibility index (Phi) is 10.6. The second kappa shape index (κ2) is 9.96. The van der Waals surface area contributed by atoms with Crippen LogP contribution in [0, 0.1) is 6.92 Å². The second-order valence-electron chi connectivity index (χ2n) is 4.29. The van der Waals surface area contributed by atoms with Gasteiger partial charge in [-0.1, -0.05) is 56.0 Å². The number of unbranched alkanes of at least 4 members (excludes halogenated alkanes) is 1. The van der Waals surface area contributed by atoms with Gasteiger partial charge < -0.3 is 5.73 Å². The van der Waals surface area contributed by atoms with Crippen LogP contribution in [-0.2, 0) is 0 Å². The largest absolute Gasteiger partial charge is 1.00 e. The third-order valence-electron chi connectivity index (χ3n) is 2.95. The van der Waals surface area contributed by atoms with Crippen LogP contribution in [0.25, 0.3) is 5.73 Å². The van der Waals surface area contributed by atoms with Crippen molar-refractivity contribution in [3.63, 3.8) is 0 Å². The van der Waals surface area contributed by atoms with Gasteiger partial charge in [-0.05, 0) is 24.8 Å². The van der Waals surface area contributed by atoms with E-state index in [1.54, 1.807) is 0 Å². The van der Waals surface area contributed by atoms with Crippen LogP contribution >= 0.6 is 0 Å². The van der Waals surface area contributed by atoms with Crippen molar-refractivity contribution in [1.29, 1.82) is 0 Å². The van der Waals surface area contributed by atoms with Crippen molar-refractivity contribution in [2.24, 2.45) is 0 Å². The van der Waals surface area contributed by atoms with Crippen molar-refractivity contribution in [3.05, 3.63) is 41.1 Å². The van der Waals surface area contributed by atoms with Gasteiger partial charge in [0.05, 0.1) is 0 Å². The fraction of sp³-hybridized carbons (Fsp3) is 0.571. The summed E-state index contributed by atoms with van der Waals surface area (Å²) in [6.07, 6.45) is 4.76. The average Bonchev–Trinajstić information content (AvgIpc) is 2.25. The standard InChI is InChI=1S/C14H22N.Rb/c1-3-4-5-13(10-11-15)14-8-6-12(2)7-9-14;/h6-9,13,15H,3-5,10-11H2,1-2H3;/q-1;+1. The molecule has 1 rings (SSSR count). The SMILES string of the molecule is CCCCC(CC[NH-])c1ccc(C)cc1.[Rb+]. The molecule has 0 aliphatic rings. The summed E-state index contributed by atoms with van der Waals surface area (Å²) in [4.78, 5) is 0. The van der Waals surface area contributed by atoms with E-state index in [9.17, 15) is 0 Å². The molecule has 0 amide bonds. The minimum absolute atomic E-state index is 0. The molecule has 0 bridgehead atoms. The van der Waals surface area contributed by atoms with Crippen molar-refractivity contribution in [1.82, 2.24) is 0 Å². The maximum Gasteiger partial charge on any atom is 1.00 e. The van der Waals surface area contributed by atoms with E-state index >= 15 is 0 Å². The molecule has 1 N–H and O–H groups in total. The second-order valence-corrected chi connectivity index (χ2v) is 4.29. The van der Waals surface area contributed by atoms with Gasteiger partial charge in [0.15, 0.2) is 0 Å². The van der Waals surface area contributed by atoms with Crippen LogP contribution in [0.2, 0.25) is 0 Å². The smallest absolute Gasteiger partial charge is 0.677 e. The molecule has 1 aromatic rings. The Morgan fingerprint density at radius 2 is 1.75 bits per heavy atom. The molecule has 1 nitrogen and oxygen atoms in total. The Bertz CT molecular complexity index is 269. The molecule has 1 aromatic carbocycles. The summed E-state index contributed by atoms with van der Waals surface area (Å²) in [6.45, 7) is 4.89. The Morgan fingerprint density at radius 3 is 2.25 bits per heavy atom. The topological polar surface area (TPSA) is 23.8 Å². The molecule has 0 fully saturated rings. The predicted octanol–water partition coefficient (Wildman–Crippen LogP) is 1.72. The number of hydrogen-bond acceptors (Lipinski definition) is 0. The van der Waals surface area contributed by atoms with Crippen LogP contribution in [0.4, 0.5) is 0 Å². The van der Waals surface area contributed by atoms with E-state index in [0.29, 0.717) is 12.5 Å².